The van der Waals surface area contributed by atoms with Crippen LogP contribution in [0, 0.1) is 6.92 Å². The van der Waals surface area contributed by atoms with E-state index in [9.17, 15) is 18.0 Å². The summed E-state index contributed by atoms with van der Waals surface area (Å²) >= 11 is 0. The fourth-order valence-corrected chi connectivity index (χ4v) is 2.39. The number of anilines is 1. The Balaban J connectivity index is 2.94. The van der Waals surface area contributed by atoms with Crippen LogP contribution in [0.4, 0.5) is 5.69 Å². The zero-order valence-electron chi connectivity index (χ0n) is 10.3. The number of carboxylic acid groups (broad SMARTS) is 1. The van der Waals surface area contributed by atoms with Crippen LogP contribution in [0.1, 0.15) is 15.9 Å². The van der Waals surface area contributed by atoms with Crippen molar-refractivity contribution in [2.45, 2.75) is 6.92 Å². The maximum Gasteiger partial charge on any atom is 0.335 e. The van der Waals surface area contributed by atoms with Crippen molar-refractivity contribution in [3.63, 3.8) is 0 Å². The zero-order chi connectivity index (χ0) is 14.6. The number of aromatic carboxylic acids is 1. The molecule has 0 aromatic heterocycles. The van der Waals surface area contributed by atoms with Crippen LogP contribution in [0.3, 0.4) is 0 Å². The first-order chi connectivity index (χ1) is 8.75. The minimum Gasteiger partial charge on any atom is -0.478 e. The third-order valence-electron chi connectivity index (χ3n) is 2.27. The van der Waals surface area contributed by atoms with Gasteiger partial charge in [0, 0.05) is 0 Å². The first-order valence-electron chi connectivity index (χ1n) is 5.16. The van der Waals surface area contributed by atoms with Crippen molar-refractivity contribution in [2.24, 2.45) is 0 Å². The van der Waals surface area contributed by atoms with Gasteiger partial charge in [-0.15, -0.1) is 0 Å². The summed E-state index contributed by atoms with van der Waals surface area (Å²) < 4.78 is 29.7. The quantitative estimate of drug-likeness (QED) is 0.768. The van der Waals surface area contributed by atoms with Gasteiger partial charge in [0.25, 0.3) is 0 Å². The Morgan fingerprint density at radius 3 is 2.47 bits per heavy atom. The van der Waals surface area contributed by atoms with Crippen LogP contribution in [0.25, 0.3) is 0 Å². The number of benzene rings is 1. The van der Waals surface area contributed by atoms with Crippen LogP contribution in [0.15, 0.2) is 18.2 Å². The van der Waals surface area contributed by atoms with E-state index in [0.717, 1.165) is 7.11 Å². The van der Waals surface area contributed by atoms with Crippen molar-refractivity contribution in [1.29, 1.82) is 0 Å². The number of hydrogen-bond acceptors (Lipinski definition) is 5. The minimum atomic E-state index is -3.87. The molecule has 0 saturated carbocycles. The summed E-state index contributed by atoms with van der Waals surface area (Å²) in [5.74, 6) is -2.79. The Labute approximate surface area is 110 Å². The van der Waals surface area contributed by atoms with Gasteiger partial charge in [-0.2, -0.15) is 0 Å². The number of esters is 1. The number of carbonyl (C=O) groups is 2. The van der Waals surface area contributed by atoms with Gasteiger partial charge in [0.05, 0.1) is 18.4 Å². The molecular weight excluding hydrogens is 274 g/mol. The molecule has 0 aliphatic rings. The summed E-state index contributed by atoms with van der Waals surface area (Å²) in [5, 5.41) is 8.78. The lowest BCUT2D eigenvalue weighted by Gasteiger charge is -2.10. The summed E-state index contributed by atoms with van der Waals surface area (Å²) in [4.78, 5) is 21.7. The van der Waals surface area contributed by atoms with Crippen LogP contribution in [0.2, 0.25) is 0 Å². The van der Waals surface area contributed by atoms with Gasteiger partial charge in [-0.3, -0.25) is 9.52 Å². The van der Waals surface area contributed by atoms with E-state index in [2.05, 4.69) is 9.46 Å². The number of methoxy groups -OCH3 is 1. The highest BCUT2D eigenvalue weighted by Crippen LogP contribution is 2.18. The highest BCUT2D eigenvalue weighted by molar-refractivity contribution is 7.93. The van der Waals surface area contributed by atoms with Gasteiger partial charge in [-0.1, -0.05) is 0 Å². The van der Waals surface area contributed by atoms with Gasteiger partial charge in [0.1, 0.15) is 0 Å². The molecule has 0 fully saturated rings. The number of aryl methyl sites for hydroxylation is 1. The number of nitrogens with one attached hydrogen (secondary N) is 1. The Kier molecular flexibility index (Phi) is 4.49. The van der Waals surface area contributed by atoms with Crippen molar-refractivity contribution in [1.82, 2.24) is 0 Å². The first-order valence-corrected chi connectivity index (χ1v) is 6.81. The topological polar surface area (TPSA) is 110 Å². The zero-order valence-corrected chi connectivity index (χ0v) is 11.2. The number of carbonyl (C=O) groups excluding carboxylic acids is 1. The van der Waals surface area contributed by atoms with Gasteiger partial charge in [0.15, 0.2) is 5.75 Å². The normalized spacial score (nSPS) is 10.8. The molecule has 0 spiro atoms. The minimum absolute atomic E-state index is 0.0495. The standard InChI is InChI=1S/C11H13NO6S/c1-7-5-8(11(14)15)3-4-9(7)12-19(16,17)6-10(13)18-2/h3-5,12H,6H2,1-2H3,(H,14,15). The Bertz CT molecular complexity index is 608. The van der Waals surface area contributed by atoms with E-state index in [0.29, 0.717) is 5.56 Å². The van der Waals surface area contributed by atoms with E-state index in [4.69, 9.17) is 5.11 Å². The average Bonchev–Trinajstić information content (AvgIpc) is 2.30. The van der Waals surface area contributed by atoms with Crippen molar-refractivity contribution in [2.75, 3.05) is 17.6 Å². The summed E-state index contributed by atoms with van der Waals surface area (Å²) in [5.41, 5.74) is 0.704. The molecule has 0 saturated heterocycles. The molecular formula is C11H13NO6S. The molecule has 7 nitrogen and oxygen atoms in total. The molecule has 0 heterocycles. The van der Waals surface area contributed by atoms with Crippen molar-refractivity contribution < 1.29 is 27.9 Å². The number of ether oxygens (including phenoxy) is 1. The molecule has 0 atom stereocenters. The lowest BCUT2D eigenvalue weighted by atomic mass is 10.1. The van der Waals surface area contributed by atoms with E-state index in [-0.39, 0.29) is 11.3 Å². The number of carboxylic acids is 1. The fourth-order valence-electron chi connectivity index (χ4n) is 1.33. The second kappa shape index (κ2) is 5.70. The molecule has 1 aromatic rings. The predicted octanol–water partition coefficient (Wildman–Crippen LogP) is 0.608. The largest absolute Gasteiger partial charge is 0.478 e. The van der Waals surface area contributed by atoms with Crippen LogP contribution >= 0.6 is 0 Å². The SMILES string of the molecule is COC(=O)CS(=O)(=O)Nc1ccc(C(=O)O)cc1C. The number of hydrogen-bond donors (Lipinski definition) is 2. The summed E-state index contributed by atoms with van der Waals surface area (Å²) in [6.07, 6.45) is 0. The molecule has 0 unspecified atom stereocenters. The van der Waals surface area contributed by atoms with Crippen LogP contribution in [0.5, 0.6) is 0 Å². The van der Waals surface area contributed by atoms with E-state index >= 15 is 0 Å². The third-order valence-corrected chi connectivity index (χ3v) is 3.42. The van der Waals surface area contributed by atoms with Gasteiger partial charge in [0.2, 0.25) is 10.0 Å². The van der Waals surface area contributed by atoms with Crippen molar-refractivity contribution in [3.8, 4) is 0 Å². The first kappa shape index (κ1) is 15.0. The van der Waals surface area contributed by atoms with Gasteiger partial charge < -0.3 is 9.84 Å². The molecule has 1 rings (SSSR count). The predicted molar refractivity (Wildman–Crippen MR) is 67.6 cm³/mol. The van der Waals surface area contributed by atoms with Crippen LogP contribution in [-0.2, 0) is 19.6 Å². The summed E-state index contributed by atoms with van der Waals surface area (Å²) in [7, 11) is -2.79. The smallest absolute Gasteiger partial charge is 0.335 e. The van der Waals surface area contributed by atoms with Crippen LogP contribution in [-0.4, -0.2) is 38.3 Å². The summed E-state index contributed by atoms with van der Waals surface area (Å²) in [6.45, 7) is 1.56. The Hall–Kier alpha value is -2.09. The molecule has 19 heavy (non-hydrogen) atoms. The molecule has 0 bridgehead atoms. The van der Waals surface area contributed by atoms with Gasteiger partial charge in [-0.05, 0) is 30.7 Å². The maximum absolute atomic E-state index is 11.6. The highest BCUT2D eigenvalue weighted by Gasteiger charge is 2.18. The van der Waals surface area contributed by atoms with Gasteiger partial charge in [-0.25, -0.2) is 13.2 Å². The molecule has 0 aliphatic carbocycles. The van der Waals surface area contributed by atoms with Crippen LogP contribution < -0.4 is 4.72 Å². The second-order valence-electron chi connectivity index (χ2n) is 3.77. The van der Waals surface area contributed by atoms with Gasteiger partial charge >= 0.3 is 11.9 Å². The molecule has 8 heteroatoms. The fraction of sp³-hybridized carbons (Fsp3) is 0.273. The monoisotopic (exact) mass is 287 g/mol. The molecule has 1 aromatic carbocycles. The Morgan fingerprint density at radius 2 is 2.00 bits per heavy atom. The average molecular weight is 287 g/mol. The second-order valence-corrected chi connectivity index (χ2v) is 5.49. The molecule has 2 N–H and O–H groups in total. The van der Waals surface area contributed by atoms with E-state index in [1.165, 1.54) is 18.2 Å². The maximum atomic E-state index is 11.6. The third kappa shape index (κ3) is 4.25. The van der Waals surface area contributed by atoms with Crippen molar-refractivity contribution in [3.05, 3.63) is 29.3 Å². The molecule has 0 amide bonds. The van der Waals surface area contributed by atoms with E-state index < -0.39 is 27.7 Å². The van der Waals surface area contributed by atoms with E-state index in [1.807, 2.05) is 0 Å². The number of rotatable bonds is 5. The van der Waals surface area contributed by atoms with E-state index in [1.54, 1.807) is 6.92 Å². The highest BCUT2D eigenvalue weighted by atomic mass is 32.2. The molecule has 0 radical (unpaired) electrons. The number of sulfonamides is 1. The molecule has 104 valence electrons. The lowest BCUT2D eigenvalue weighted by Crippen LogP contribution is -2.24. The molecule has 0 aliphatic heterocycles. The van der Waals surface area contributed by atoms with Crippen molar-refractivity contribution >= 4 is 27.6 Å². The summed E-state index contributed by atoms with van der Waals surface area (Å²) in [6, 6.07) is 3.93. The lowest BCUT2D eigenvalue weighted by molar-refractivity contribution is -0.137. The Morgan fingerprint density at radius 1 is 1.37 bits per heavy atom.